The minimum atomic E-state index is -0.129. The van der Waals surface area contributed by atoms with Gasteiger partial charge in [0.1, 0.15) is 23.7 Å². The van der Waals surface area contributed by atoms with E-state index in [0.717, 1.165) is 47.6 Å². The fraction of sp³-hybridized carbons (Fsp3) is 0.286. The zero-order chi connectivity index (χ0) is 19.9. The van der Waals surface area contributed by atoms with Gasteiger partial charge in [-0.25, -0.2) is 9.97 Å². The maximum absolute atomic E-state index is 12.4. The van der Waals surface area contributed by atoms with Crippen LogP contribution in [-0.4, -0.2) is 40.5 Å². The largest absolute Gasteiger partial charge is 0.467 e. The fourth-order valence-electron chi connectivity index (χ4n) is 3.11. The molecule has 1 fully saturated rings. The van der Waals surface area contributed by atoms with Gasteiger partial charge in [-0.15, -0.1) is 0 Å². The Labute approximate surface area is 173 Å². The van der Waals surface area contributed by atoms with Crippen LogP contribution >= 0.6 is 11.8 Å². The van der Waals surface area contributed by atoms with Gasteiger partial charge in [0.25, 0.3) is 5.91 Å². The fourth-order valence-corrected chi connectivity index (χ4v) is 4.01. The lowest BCUT2D eigenvalue weighted by atomic mass is 10.1. The van der Waals surface area contributed by atoms with Crippen molar-refractivity contribution in [2.75, 3.05) is 34.8 Å². The topological polar surface area (TPSA) is 83.3 Å². The van der Waals surface area contributed by atoms with Crippen molar-refractivity contribution in [3.63, 3.8) is 0 Å². The van der Waals surface area contributed by atoms with Crippen LogP contribution in [0.5, 0.6) is 0 Å². The van der Waals surface area contributed by atoms with E-state index in [9.17, 15) is 4.79 Å². The molecule has 3 heterocycles. The summed E-state index contributed by atoms with van der Waals surface area (Å²) in [6.45, 7) is 2.96. The lowest BCUT2D eigenvalue weighted by molar-refractivity contribution is 0.0948. The van der Waals surface area contributed by atoms with E-state index in [4.69, 9.17) is 4.42 Å². The summed E-state index contributed by atoms with van der Waals surface area (Å²) >= 11 is 1.97. The Kier molecular flexibility index (Phi) is 6.31. The highest BCUT2D eigenvalue weighted by Crippen LogP contribution is 2.19. The molecule has 7 nitrogen and oxygen atoms in total. The van der Waals surface area contributed by atoms with Gasteiger partial charge in [-0.05, 0) is 29.8 Å². The average Bonchev–Trinajstić information content (AvgIpc) is 3.31. The second-order valence-corrected chi connectivity index (χ2v) is 7.90. The predicted molar refractivity (Wildman–Crippen MR) is 115 cm³/mol. The number of anilines is 2. The van der Waals surface area contributed by atoms with Crippen LogP contribution in [0.4, 0.5) is 11.6 Å². The number of carbonyl (C=O) groups is 1. The van der Waals surface area contributed by atoms with E-state index in [1.165, 1.54) is 0 Å². The van der Waals surface area contributed by atoms with E-state index in [2.05, 4.69) is 25.5 Å². The molecule has 0 spiro atoms. The van der Waals surface area contributed by atoms with Gasteiger partial charge in [-0.1, -0.05) is 12.1 Å². The molecule has 8 heteroatoms. The molecule has 2 aromatic heterocycles. The molecule has 0 bridgehead atoms. The maximum atomic E-state index is 12.4. The number of furan rings is 1. The molecule has 0 saturated carbocycles. The van der Waals surface area contributed by atoms with E-state index < -0.39 is 0 Å². The summed E-state index contributed by atoms with van der Waals surface area (Å²) in [6.07, 6.45) is 3.19. The molecular weight excluding hydrogens is 386 g/mol. The minimum absolute atomic E-state index is 0.129. The van der Waals surface area contributed by atoms with Crippen molar-refractivity contribution in [1.29, 1.82) is 0 Å². The van der Waals surface area contributed by atoms with Gasteiger partial charge in [-0.3, -0.25) is 4.79 Å². The number of aromatic nitrogens is 2. The molecule has 1 aliphatic rings. The molecule has 1 aliphatic heterocycles. The molecule has 0 radical (unpaired) electrons. The Morgan fingerprint density at radius 3 is 2.83 bits per heavy atom. The van der Waals surface area contributed by atoms with Crippen LogP contribution in [0.3, 0.4) is 0 Å². The first kappa shape index (κ1) is 19.3. The Morgan fingerprint density at radius 2 is 2.00 bits per heavy atom. The molecule has 1 amide bonds. The number of hydrogen-bond donors (Lipinski definition) is 2. The van der Waals surface area contributed by atoms with Crippen molar-refractivity contribution in [2.24, 2.45) is 0 Å². The molecule has 0 aliphatic carbocycles. The summed E-state index contributed by atoms with van der Waals surface area (Å²) in [6, 6.07) is 13.2. The lowest BCUT2D eigenvalue weighted by Crippen LogP contribution is -2.33. The summed E-state index contributed by atoms with van der Waals surface area (Å²) in [4.78, 5) is 23.4. The third-order valence-electron chi connectivity index (χ3n) is 4.65. The standard InChI is InChI=1S/C21H23N5O2S/c27-21(23-14-18-5-2-8-28-18)17-4-1-3-16(11-17)13-22-19-12-20(25-15-24-19)26-6-9-29-10-7-26/h1-5,8,11-12,15H,6-7,9-10,13-14H2,(H,23,27)(H,22,24,25). The van der Waals surface area contributed by atoms with Crippen LogP contribution in [0.1, 0.15) is 21.7 Å². The average molecular weight is 410 g/mol. The Morgan fingerprint density at radius 1 is 1.10 bits per heavy atom. The molecule has 0 unspecified atom stereocenters. The van der Waals surface area contributed by atoms with Crippen molar-refractivity contribution < 1.29 is 9.21 Å². The molecule has 1 aromatic carbocycles. The third-order valence-corrected chi connectivity index (χ3v) is 5.60. The normalized spacial score (nSPS) is 13.9. The smallest absolute Gasteiger partial charge is 0.251 e. The van der Waals surface area contributed by atoms with Gasteiger partial charge >= 0.3 is 0 Å². The first-order chi connectivity index (χ1) is 14.3. The lowest BCUT2D eigenvalue weighted by Gasteiger charge is -2.27. The highest BCUT2D eigenvalue weighted by Gasteiger charge is 2.13. The molecular formula is C21H23N5O2S. The first-order valence-electron chi connectivity index (χ1n) is 9.56. The number of hydrogen-bond acceptors (Lipinski definition) is 7. The van der Waals surface area contributed by atoms with Crippen molar-refractivity contribution >= 4 is 29.3 Å². The number of thioether (sulfide) groups is 1. The second kappa shape index (κ2) is 9.47. The summed E-state index contributed by atoms with van der Waals surface area (Å²) < 4.78 is 5.24. The molecule has 29 heavy (non-hydrogen) atoms. The van der Waals surface area contributed by atoms with Crippen molar-refractivity contribution in [1.82, 2.24) is 15.3 Å². The SMILES string of the molecule is O=C(NCc1ccco1)c1cccc(CNc2cc(N3CCSCC3)ncn2)c1. The molecule has 2 N–H and O–H groups in total. The first-order valence-corrected chi connectivity index (χ1v) is 10.7. The summed E-state index contributed by atoms with van der Waals surface area (Å²) in [7, 11) is 0. The van der Waals surface area contributed by atoms with Crippen molar-refractivity contribution in [3.05, 3.63) is 71.9 Å². The third kappa shape index (κ3) is 5.29. The minimum Gasteiger partial charge on any atom is -0.467 e. The van der Waals surface area contributed by atoms with Crippen molar-refractivity contribution in [2.45, 2.75) is 13.1 Å². The zero-order valence-electron chi connectivity index (χ0n) is 16.0. The highest BCUT2D eigenvalue weighted by molar-refractivity contribution is 7.99. The van der Waals surface area contributed by atoms with Crippen LogP contribution in [0, 0.1) is 0 Å². The summed E-state index contributed by atoms with van der Waals surface area (Å²) in [5, 5.41) is 6.20. The van der Waals surface area contributed by atoms with Gasteiger partial charge in [-0.2, -0.15) is 11.8 Å². The van der Waals surface area contributed by atoms with E-state index in [-0.39, 0.29) is 5.91 Å². The van der Waals surface area contributed by atoms with Crippen LogP contribution in [0.15, 0.2) is 59.5 Å². The van der Waals surface area contributed by atoms with Crippen LogP contribution in [0.2, 0.25) is 0 Å². The highest BCUT2D eigenvalue weighted by atomic mass is 32.2. The quantitative estimate of drug-likeness (QED) is 0.620. The second-order valence-electron chi connectivity index (χ2n) is 6.68. The van der Waals surface area contributed by atoms with Crippen LogP contribution < -0.4 is 15.5 Å². The van der Waals surface area contributed by atoms with Crippen LogP contribution in [0.25, 0.3) is 0 Å². The Hall–Kier alpha value is -3.00. The Balaban J connectivity index is 1.35. The van der Waals surface area contributed by atoms with Gasteiger partial charge in [0, 0.05) is 42.8 Å². The molecule has 0 atom stereocenters. The van der Waals surface area contributed by atoms with E-state index in [1.54, 1.807) is 24.7 Å². The maximum Gasteiger partial charge on any atom is 0.251 e. The monoisotopic (exact) mass is 409 g/mol. The Bertz CT molecular complexity index is 942. The number of nitrogens with zero attached hydrogens (tertiary/aromatic N) is 3. The number of carbonyl (C=O) groups excluding carboxylic acids is 1. The summed E-state index contributed by atoms with van der Waals surface area (Å²) in [5.41, 5.74) is 1.62. The zero-order valence-corrected chi connectivity index (χ0v) is 16.8. The molecule has 3 aromatic rings. The summed E-state index contributed by atoms with van der Waals surface area (Å²) in [5.74, 6) is 4.58. The van der Waals surface area contributed by atoms with E-state index in [0.29, 0.717) is 18.7 Å². The van der Waals surface area contributed by atoms with Crippen LogP contribution in [-0.2, 0) is 13.1 Å². The van der Waals surface area contributed by atoms with Gasteiger partial charge in [0.05, 0.1) is 12.8 Å². The number of benzene rings is 1. The number of nitrogens with one attached hydrogen (secondary N) is 2. The van der Waals surface area contributed by atoms with Gasteiger partial charge in [0.15, 0.2) is 0 Å². The number of amides is 1. The molecule has 150 valence electrons. The molecule has 1 saturated heterocycles. The number of rotatable bonds is 7. The van der Waals surface area contributed by atoms with Gasteiger partial charge in [0.2, 0.25) is 0 Å². The van der Waals surface area contributed by atoms with Crippen molar-refractivity contribution in [3.8, 4) is 0 Å². The predicted octanol–water partition coefficient (Wildman–Crippen LogP) is 3.16. The molecule has 4 rings (SSSR count). The van der Waals surface area contributed by atoms with E-state index >= 15 is 0 Å². The van der Waals surface area contributed by atoms with E-state index in [1.807, 2.05) is 42.1 Å². The van der Waals surface area contributed by atoms with Gasteiger partial charge < -0.3 is 20.0 Å².